The Bertz CT molecular complexity index is 437. The van der Waals surface area contributed by atoms with Gasteiger partial charge in [-0.3, -0.25) is 4.79 Å². The summed E-state index contributed by atoms with van der Waals surface area (Å²) in [7, 11) is 0. The third-order valence-corrected chi connectivity index (χ3v) is 4.33. The molecule has 0 spiro atoms. The van der Waals surface area contributed by atoms with Crippen molar-refractivity contribution in [3.8, 4) is 5.88 Å². The number of aromatic amines is 1. The molecule has 2 N–H and O–H groups in total. The van der Waals surface area contributed by atoms with Gasteiger partial charge in [-0.1, -0.05) is 32.1 Å². The lowest BCUT2D eigenvalue weighted by atomic mass is 9.90. The van der Waals surface area contributed by atoms with Crippen LogP contribution in [0.2, 0.25) is 0 Å². The summed E-state index contributed by atoms with van der Waals surface area (Å²) in [4.78, 5) is 18.5. The van der Waals surface area contributed by atoms with Crippen LogP contribution in [0.25, 0.3) is 0 Å². The van der Waals surface area contributed by atoms with E-state index in [4.69, 9.17) is 0 Å². The lowest BCUT2D eigenvalue weighted by Gasteiger charge is -2.18. The molecule has 0 saturated heterocycles. The minimum absolute atomic E-state index is 0.133. The molecule has 1 fully saturated rings. The van der Waals surface area contributed by atoms with E-state index in [0.717, 1.165) is 12.8 Å². The van der Waals surface area contributed by atoms with Crippen LogP contribution < -0.4 is 5.56 Å². The van der Waals surface area contributed by atoms with Gasteiger partial charge in [-0.2, -0.15) is 4.98 Å². The molecule has 0 bridgehead atoms. The second-order valence-corrected chi connectivity index (χ2v) is 5.71. The van der Waals surface area contributed by atoms with Crippen molar-refractivity contribution in [1.82, 2.24) is 9.97 Å². The van der Waals surface area contributed by atoms with E-state index in [2.05, 4.69) is 9.97 Å². The molecule has 0 radical (unpaired) electrons. The predicted octanol–water partition coefficient (Wildman–Crippen LogP) is 2.91. The second kappa shape index (κ2) is 5.84. The van der Waals surface area contributed by atoms with E-state index in [9.17, 15) is 9.90 Å². The Morgan fingerprint density at radius 3 is 2.35 bits per heavy atom. The average Bonchev–Trinajstić information content (AvgIpc) is 2.25. The molecule has 4 nitrogen and oxygen atoms in total. The molecule has 0 aliphatic heterocycles. The van der Waals surface area contributed by atoms with E-state index in [1.54, 1.807) is 0 Å². The Hall–Kier alpha value is -0.590. The number of nitrogens with zero attached hydrogens (tertiary/aromatic N) is 1. The van der Waals surface area contributed by atoms with Crippen molar-refractivity contribution in [1.29, 1.82) is 0 Å². The Kier molecular flexibility index (Phi) is 4.42. The second-order valence-electron chi connectivity index (χ2n) is 4.63. The van der Waals surface area contributed by atoms with E-state index >= 15 is 0 Å². The Balaban J connectivity index is 2.22. The van der Waals surface area contributed by atoms with E-state index in [-0.39, 0.29) is 15.0 Å². The van der Waals surface area contributed by atoms with Crippen LogP contribution in [0.15, 0.2) is 4.79 Å². The first-order valence-corrected chi connectivity index (χ1v) is 7.25. The van der Waals surface area contributed by atoms with Crippen molar-refractivity contribution < 1.29 is 5.11 Å². The number of nitrogens with one attached hydrogen (secondary N) is 1. The van der Waals surface area contributed by atoms with Gasteiger partial charge in [0.25, 0.3) is 5.56 Å². The first kappa shape index (κ1) is 12.9. The molecule has 1 aromatic rings. The van der Waals surface area contributed by atoms with Gasteiger partial charge in [-0.15, -0.1) is 0 Å². The van der Waals surface area contributed by atoms with Crippen LogP contribution in [0.5, 0.6) is 5.88 Å². The van der Waals surface area contributed by atoms with Crippen LogP contribution in [0, 0.1) is 3.57 Å². The minimum Gasteiger partial charge on any atom is -0.492 e. The van der Waals surface area contributed by atoms with E-state index in [0.29, 0.717) is 11.7 Å². The van der Waals surface area contributed by atoms with Gasteiger partial charge in [0, 0.05) is 5.92 Å². The smallest absolute Gasteiger partial charge is 0.268 e. The first-order chi connectivity index (χ1) is 8.18. The maximum atomic E-state index is 11.6. The van der Waals surface area contributed by atoms with E-state index in [1.165, 1.54) is 32.1 Å². The number of hydrogen-bond donors (Lipinski definition) is 2. The molecule has 0 atom stereocenters. The summed E-state index contributed by atoms with van der Waals surface area (Å²) < 4.78 is 0.275. The fourth-order valence-electron chi connectivity index (χ4n) is 2.39. The molecule has 94 valence electrons. The molecule has 0 amide bonds. The zero-order chi connectivity index (χ0) is 12.3. The van der Waals surface area contributed by atoms with Crippen molar-refractivity contribution in [2.24, 2.45) is 0 Å². The topological polar surface area (TPSA) is 66.0 Å². The fraction of sp³-hybridized carbons (Fsp3) is 0.667. The van der Waals surface area contributed by atoms with Gasteiger partial charge in [0.2, 0.25) is 5.88 Å². The molecular formula is C12H17IN2O2. The molecule has 1 saturated carbocycles. The lowest BCUT2D eigenvalue weighted by Crippen LogP contribution is -2.17. The molecule has 1 aromatic heterocycles. The normalized spacial score (nSPS) is 18.6. The fourth-order valence-corrected chi connectivity index (χ4v) is 2.64. The molecule has 5 heteroatoms. The van der Waals surface area contributed by atoms with Crippen molar-refractivity contribution >= 4 is 22.6 Å². The summed E-state index contributed by atoms with van der Waals surface area (Å²) in [6, 6.07) is 0. The summed E-state index contributed by atoms with van der Waals surface area (Å²) in [5.41, 5.74) is -0.227. The number of H-pyrrole nitrogens is 1. The highest BCUT2D eigenvalue weighted by atomic mass is 127. The van der Waals surface area contributed by atoms with Crippen LogP contribution >= 0.6 is 22.6 Å². The van der Waals surface area contributed by atoms with Gasteiger partial charge in [0.05, 0.1) is 0 Å². The number of aromatic hydroxyl groups is 1. The van der Waals surface area contributed by atoms with Crippen LogP contribution in [0.3, 0.4) is 0 Å². The van der Waals surface area contributed by atoms with Crippen LogP contribution in [0.1, 0.15) is 56.7 Å². The Morgan fingerprint density at radius 1 is 1.18 bits per heavy atom. The number of rotatable bonds is 1. The van der Waals surface area contributed by atoms with Gasteiger partial charge in [-0.25, -0.2) is 0 Å². The van der Waals surface area contributed by atoms with Gasteiger partial charge in [0.1, 0.15) is 9.39 Å². The van der Waals surface area contributed by atoms with Gasteiger partial charge in [0.15, 0.2) is 0 Å². The quantitative estimate of drug-likeness (QED) is 0.767. The first-order valence-electron chi connectivity index (χ1n) is 6.17. The molecule has 1 heterocycles. The molecule has 2 rings (SSSR count). The number of halogens is 1. The Labute approximate surface area is 114 Å². The van der Waals surface area contributed by atoms with Gasteiger partial charge >= 0.3 is 0 Å². The third kappa shape index (κ3) is 3.20. The standard InChI is InChI=1S/C12H17IN2O2/c13-9-11(16)14-10(15-12(9)17)8-6-4-2-1-3-5-7-8/h8H,1-7H2,(H2,14,15,16,17). The summed E-state index contributed by atoms with van der Waals surface area (Å²) in [5, 5.41) is 9.60. The van der Waals surface area contributed by atoms with Crippen LogP contribution in [-0.2, 0) is 0 Å². The summed E-state index contributed by atoms with van der Waals surface area (Å²) in [6.45, 7) is 0. The SMILES string of the molecule is O=c1[nH]c(C2CCCCCCC2)nc(O)c1I. The maximum absolute atomic E-state index is 11.6. The molecule has 17 heavy (non-hydrogen) atoms. The largest absolute Gasteiger partial charge is 0.492 e. The molecule has 1 aliphatic carbocycles. The van der Waals surface area contributed by atoms with Gasteiger partial charge < -0.3 is 10.1 Å². The van der Waals surface area contributed by atoms with Crippen molar-refractivity contribution in [2.45, 2.75) is 50.9 Å². The molecule has 0 aromatic carbocycles. The van der Waals surface area contributed by atoms with Crippen LogP contribution in [-0.4, -0.2) is 15.1 Å². The molecule has 0 unspecified atom stereocenters. The van der Waals surface area contributed by atoms with E-state index < -0.39 is 0 Å². The third-order valence-electron chi connectivity index (χ3n) is 3.36. The highest BCUT2D eigenvalue weighted by Crippen LogP contribution is 2.29. The molecule has 1 aliphatic rings. The van der Waals surface area contributed by atoms with Crippen molar-refractivity contribution in [3.63, 3.8) is 0 Å². The summed E-state index contributed by atoms with van der Waals surface area (Å²) >= 11 is 1.81. The number of aromatic nitrogens is 2. The minimum atomic E-state index is -0.227. The van der Waals surface area contributed by atoms with Crippen molar-refractivity contribution in [2.75, 3.05) is 0 Å². The highest BCUT2D eigenvalue weighted by molar-refractivity contribution is 14.1. The van der Waals surface area contributed by atoms with Crippen molar-refractivity contribution in [3.05, 3.63) is 19.7 Å². The summed E-state index contributed by atoms with van der Waals surface area (Å²) in [5.74, 6) is 0.826. The Morgan fingerprint density at radius 2 is 1.76 bits per heavy atom. The predicted molar refractivity (Wildman–Crippen MR) is 74.3 cm³/mol. The van der Waals surface area contributed by atoms with Crippen LogP contribution in [0.4, 0.5) is 0 Å². The maximum Gasteiger partial charge on any atom is 0.268 e. The average molecular weight is 348 g/mol. The summed E-state index contributed by atoms with van der Waals surface area (Å²) in [6.07, 6.45) is 8.32. The lowest BCUT2D eigenvalue weighted by molar-refractivity contribution is 0.416. The van der Waals surface area contributed by atoms with E-state index in [1.807, 2.05) is 22.6 Å². The highest BCUT2D eigenvalue weighted by Gasteiger charge is 2.18. The monoisotopic (exact) mass is 348 g/mol. The number of hydrogen-bond acceptors (Lipinski definition) is 3. The molecular weight excluding hydrogens is 331 g/mol. The zero-order valence-corrected chi connectivity index (χ0v) is 11.9. The zero-order valence-electron chi connectivity index (χ0n) is 9.71. The van der Waals surface area contributed by atoms with Gasteiger partial charge in [-0.05, 0) is 35.4 Å².